The van der Waals surface area contributed by atoms with Crippen molar-refractivity contribution in [3.05, 3.63) is 48.0 Å². The number of aryl methyl sites for hydroxylation is 2. The number of imidazole rings is 1. The smallest absolute Gasteiger partial charge is 0.143 e. The van der Waals surface area contributed by atoms with Crippen LogP contribution in [0.15, 0.2) is 42.5 Å². The van der Waals surface area contributed by atoms with Gasteiger partial charge in [0.15, 0.2) is 0 Å². The second kappa shape index (κ2) is 4.43. The number of fused-ring (bicyclic) bond motifs is 1. The van der Waals surface area contributed by atoms with Crippen molar-refractivity contribution in [1.29, 1.82) is 0 Å². The van der Waals surface area contributed by atoms with Crippen LogP contribution in [0, 0.1) is 6.92 Å². The highest BCUT2D eigenvalue weighted by Crippen LogP contribution is 2.30. The van der Waals surface area contributed by atoms with Crippen LogP contribution in [0.4, 0.5) is 5.69 Å². The zero-order valence-corrected chi connectivity index (χ0v) is 11.2. The number of nitrogens with zero attached hydrogens (tertiary/aromatic N) is 2. The summed E-state index contributed by atoms with van der Waals surface area (Å²) in [5.41, 5.74) is 11.3. The summed E-state index contributed by atoms with van der Waals surface area (Å²) in [4.78, 5) is 4.74. The van der Waals surface area contributed by atoms with E-state index in [4.69, 9.17) is 10.7 Å². The lowest BCUT2D eigenvalue weighted by atomic mass is 10.1. The van der Waals surface area contributed by atoms with Crippen molar-refractivity contribution in [1.82, 2.24) is 9.55 Å². The van der Waals surface area contributed by atoms with Crippen molar-refractivity contribution in [2.75, 3.05) is 5.73 Å². The number of nitrogen functional groups attached to an aromatic ring is 1. The van der Waals surface area contributed by atoms with Gasteiger partial charge in [-0.25, -0.2) is 4.98 Å². The van der Waals surface area contributed by atoms with Gasteiger partial charge >= 0.3 is 0 Å². The number of aromatic nitrogens is 2. The molecule has 0 saturated carbocycles. The lowest BCUT2D eigenvalue weighted by molar-refractivity contribution is 0.796. The fourth-order valence-corrected chi connectivity index (χ4v) is 2.48. The zero-order valence-electron chi connectivity index (χ0n) is 11.2. The van der Waals surface area contributed by atoms with Crippen molar-refractivity contribution in [2.24, 2.45) is 0 Å². The van der Waals surface area contributed by atoms with Gasteiger partial charge in [-0.05, 0) is 37.6 Å². The Morgan fingerprint density at radius 3 is 2.68 bits per heavy atom. The summed E-state index contributed by atoms with van der Waals surface area (Å²) in [6, 6.07) is 14.3. The molecule has 3 rings (SSSR count). The van der Waals surface area contributed by atoms with E-state index in [1.807, 2.05) is 43.3 Å². The van der Waals surface area contributed by atoms with Crippen molar-refractivity contribution >= 4 is 16.7 Å². The largest absolute Gasteiger partial charge is 0.398 e. The lowest BCUT2D eigenvalue weighted by Gasteiger charge is -2.10. The molecule has 3 aromatic rings. The molecule has 0 bridgehead atoms. The minimum Gasteiger partial charge on any atom is -0.398 e. The fraction of sp³-hybridized carbons (Fsp3) is 0.188. The Morgan fingerprint density at radius 1 is 1.11 bits per heavy atom. The number of hydrogen-bond acceptors (Lipinski definition) is 2. The van der Waals surface area contributed by atoms with Gasteiger partial charge in [0, 0.05) is 17.8 Å². The highest BCUT2D eigenvalue weighted by molar-refractivity contribution is 5.84. The molecule has 0 unspecified atom stereocenters. The molecule has 0 spiro atoms. The number of anilines is 1. The zero-order chi connectivity index (χ0) is 13.4. The average Bonchev–Trinajstić information content (AvgIpc) is 2.80. The van der Waals surface area contributed by atoms with Gasteiger partial charge < -0.3 is 10.3 Å². The number of rotatable bonds is 2. The van der Waals surface area contributed by atoms with E-state index < -0.39 is 0 Å². The van der Waals surface area contributed by atoms with E-state index >= 15 is 0 Å². The van der Waals surface area contributed by atoms with Crippen LogP contribution < -0.4 is 5.73 Å². The van der Waals surface area contributed by atoms with Gasteiger partial charge in [-0.1, -0.05) is 24.3 Å². The van der Waals surface area contributed by atoms with Crippen molar-refractivity contribution in [3.63, 3.8) is 0 Å². The van der Waals surface area contributed by atoms with Crippen LogP contribution in [0.1, 0.15) is 12.5 Å². The maximum atomic E-state index is 6.21. The van der Waals surface area contributed by atoms with Crippen LogP contribution >= 0.6 is 0 Å². The minimum atomic E-state index is 0.813. The first-order valence-corrected chi connectivity index (χ1v) is 6.53. The van der Waals surface area contributed by atoms with Crippen LogP contribution in [-0.4, -0.2) is 9.55 Å². The van der Waals surface area contributed by atoms with E-state index in [0.29, 0.717) is 0 Å². The van der Waals surface area contributed by atoms with E-state index in [9.17, 15) is 0 Å². The normalized spacial score (nSPS) is 11.1. The summed E-state index contributed by atoms with van der Waals surface area (Å²) < 4.78 is 2.21. The molecule has 2 N–H and O–H groups in total. The first kappa shape index (κ1) is 11.8. The summed E-state index contributed by atoms with van der Waals surface area (Å²) in [6.45, 7) is 5.03. The molecule has 3 nitrogen and oxygen atoms in total. The highest BCUT2D eigenvalue weighted by atomic mass is 15.1. The molecule has 0 fully saturated rings. The van der Waals surface area contributed by atoms with Crippen LogP contribution in [0.5, 0.6) is 0 Å². The van der Waals surface area contributed by atoms with Crippen LogP contribution in [0.3, 0.4) is 0 Å². The topological polar surface area (TPSA) is 43.8 Å². The van der Waals surface area contributed by atoms with Crippen LogP contribution in [-0.2, 0) is 6.54 Å². The maximum Gasteiger partial charge on any atom is 0.143 e. The molecule has 3 heteroatoms. The molecule has 0 radical (unpaired) electrons. The Kier molecular flexibility index (Phi) is 2.75. The molecular weight excluding hydrogens is 234 g/mol. The monoisotopic (exact) mass is 251 g/mol. The summed E-state index contributed by atoms with van der Waals surface area (Å²) in [5.74, 6) is 0.949. The summed E-state index contributed by atoms with van der Waals surface area (Å²) >= 11 is 0. The third-order valence-corrected chi connectivity index (χ3v) is 3.54. The summed E-state index contributed by atoms with van der Waals surface area (Å²) in [7, 11) is 0. The molecule has 0 aliphatic heterocycles. The predicted octanol–water partition coefficient (Wildman–Crippen LogP) is 3.61. The molecule has 1 aromatic heterocycles. The van der Waals surface area contributed by atoms with E-state index in [0.717, 1.165) is 40.2 Å². The minimum absolute atomic E-state index is 0.813. The second-order valence-electron chi connectivity index (χ2n) is 4.70. The molecule has 2 aromatic carbocycles. The second-order valence-corrected chi connectivity index (χ2v) is 4.70. The molecule has 96 valence electrons. The Morgan fingerprint density at radius 2 is 1.89 bits per heavy atom. The summed E-state index contributed by atoms with van der Waals surface area (Å²) in [6.07, 6.45) is 0. The molecule has 0 aliphatic rings. The average molecular weight is 251 g/mol. The Balaban J connectivity index is 2.33. The van der Waals surface area contributed by atoms with Gasteiger partial charge in [0.2, 0.25) is 0 Å². The predicted molar refractivity (Wildman–Crippen MR) is 80.0 cm³/mol. The molecular formula is C16H17N3. The molecule has 0 aliphatic carbocycles. The van der Waals surface area contributed by atoms with Crippen molar-refractivity contribution in [2.45, 2.75) is 20.4 Å². The van der Waals surface area contributed by atoms with Gasteiger partial charge in [0.05, 0.1) is 11.0 Å². The molecule has 19 heavy (non-hydrogen) atoms. The summed E-state index contributed by atoms with van der Waals surface area (Å²) in [5, 5.41) is 0. The Bertz CT molecular complexity index is 741. The first-order valence-electron chi connectivity index (χ1n) is 6.53. The van der Waals surface area contributed by atoms with Gasteiger partial charge in [-0.3, -0.25) is 0 Å². The first-order chi connectivity index (χ1) is 9.22. The molecule has 0 atom stereocenters. The Labute approximate surface area is 112 Å². The van der Waals surface area contributed by atoms with Gasteiger partial charge in [0.25, 0.3) is 0 Å². The maximum absolute atomic E-state index is 6.21. The van der Waals surface area contributed by atoms with Crippen LogP contribution in [0.2, 0.25) is 0 Å². The molecule has 1 heterocycles. The quantitative estimate of drug-likeness (QED) is 0.707. The van der Waals surface area contributed by atoms with E-state index in [1.54, 1.807) is 0 Å². The number of nitrogens with two attached hydrogens (primary N) is 1. The van der Waals surface area contributed by atoms with Gasteiger partial charge in [0.1, 0.15) is 5.82 Å². The number of para-hydroxylation sites is 3. The van der Waals surface area contributed by atoms with E-state index in [1.165, 1.54) is 0 Å². The van der Waals surface area contributed by atoms with Gasteiger partial charge in [-0.2, -0.15) is 0 Å². The highest BCUT2D eigenvalue weighted by Gasteiger charge is 2.13. The number of benzene rings is 2. The standard InChI is InChI=1S/C16H17N3/c1-3-19-14-10-5-4-9-13(14)18-16(19)12-8-6-7-11(2)15(12)17/h4-10H,3,17H2,1-2H3. The third kappa shape index (κ3) is 1.78. The Hall–Kier alpha value is -2.29. The van der Waals surface area contributed by atoms with Crippen LogP contribution in [0.25, 0.3) is 22.4 Å². The SMILES string of the molecule is CCn1c(-c2cccc(C)c2N)nc2ccccc21. The third-order valence-electron chi connectivity index (χ3n) is 3.54. The van der Waals surface area contributed by atoms with E-state index in [-0.39, 0.29) is 0 Å². The lowest BCUT2D eigenvalue weighted by Crippen LogP contribution is -2.01. The molecule has 0 saturated heterocycles. The molecule has 0 amide bonds. The van der Waals surface area contributed by atoms with Crippen molar-refractivity contribution < 1.29 is 0 Å². The van der Waals surface area contributed by atoms with Crippen molar-refractivity contribution in [3.8, 4) is 11.4 Å². The number of hydrogen-bond donors (Lipinski definition) is 1. The van der Waals surface area contributed by atoms with Gasteiger partial charge in [-0.15, -0.1) is 0 Å². The van der Waals surface area contributed by atoms with E-state index in [2.05, 4.69) is 17.6 Å². The fourth-order valence-electron chi connectivity index (χ4n) is 2.48.